The van der Waals surface area contributed by atoms with E-state index in [0.29, 0.717) is 30.3 Å². The summed E-state index contributed by atoms with van der Waals surface area (Å²) in [4.78, 5) is 31.9. The maximum Gasteiger partial charge on any atom is 0.300 e. The topological polar surface area (TPSA) is 68.1 Å². The van der Waals surface area contributed by atoms with E-state index in [1.54, 1.807) is 9.58 Å². The van der Waals surface area contributed by atoms with Gasteiger partial charge in [0.05, 0.1) is 5.69 Å². The monoisotopic (exact) mass is 386 g/mol. The molecule has 146 valence electrons. The van der Waals surface area contributed by atoms with Gasteiger partial charge in [-0.2, -0.15) is 10.1 Å². The van der Waals surface area contributed by atoms with E-state index in [-0.39, 0.29) is 11.5 Å². The molecule has 1 saturated heterocycles. The first kappa shape index (κ1) is 17.8. The summed E-state index contributed by atoms with van der Waals surface area (Å²) in [6, 6.07) is 15.5. The Bertz CT molecular complexity index is 1200. The summed E-state index contributed by atoms with van der Waals surface area (Å²) in [6.45, 7) is 6.25. The van der Waals surface area contributed by atoms with E-state index < -0.39 is 5.66 Å². The van der Waals surface area contributed by atoms with Crippen molar-refractivity contribution in [2.24, 2.45) is 0 Å². The van der Waals surface area contributed by atoms with Gasteiger partial charge in [0, 0.05) is 24.0 Å². The molecule has 1 atom stereocenters. The Labute approximate surface area is 168 Å². The molecule has 0 radical (unpaired) electrons. The molecule has 0 spiro atoms. The summed E-state index contributed by atoms with van der Waals surface area (Å²) >= 11 is 0. The number of benzene rings is 2. The van der Waals surface area contributed by atoms with Gasteiger partial charge in [-0.05, 0) is 30.5 Å². The first-order chi connectivity index (χ1) is 13.9. The molecule has 0 bridgehead atoms. The van der Waals surface area contributed by atoms with Gasteiger partial charge in [-0.15, -0.1) is 0 Å². The van der Waals surface area contributed by atoms with Crippen LogP contribution in [0.3, 0.4) is 0 Å². The number of amides is 1. The highest BCUT2D eigenvalue weighted by atomic mass is 16.2. The Hall–Kier alpha value is -3.28. The Morgan fingerprint density at radius 2 is 1.76 bits per heavy atom. The molecule has 3 heterocycles. The van der Waals surface area contributed by atoms with Gasteiger partial charge in [0.15, 0.2) is 11.5 Å². The van der Waals surface area contributed by atoms with Crippen molar-refractivity contribution in [3.05, 3.63) is 64.4 Å². The molecule has 1 unspecified atom stereocenters. The number of para-hydroxylation sites is 1. The van der Waals surface area contributed by atoms with E-state index in [2.05, 4.69) is 18.8 Å². The lowest BCUT2D eigenvalue weighted by Crippen LogP contribution is -2.51. The highest BCUT2D eigenvalue weighted by Crippen LogP contribution is 2.47. The zero-order valence-electron chi connectivity index (χ0n) is 16.7. The van der Waals surface area contributed by atoms with Gasteiger partial charge in [0.25, 0.3) is 5.56 Å². The van der Waals surface area contributed by atoms with Crippen molar-refractivity contribution in [1.82, 2.24) is 14.8 Å². The molecule has 0 N–H and O–H groups in total. The molecule has 3 aromatic rings. The molecule has 6 heteroatoms. The smallest absolute Gasteiger partial charge is 0.286 e. The lowest BCUT2D eigenvalue weighted by Gasteiger charge is -2.42. The van der Waals surface area contributed by atoms with Crippen molar-refractivity contribution >= 4 is 11.6 Å². The summed E-state index contributed by atoms with van der Waals surface area (Å²) in [5.74, 6) is 0.990. The molecule has 0 aliphatic carbocycles. The molecule has 0 saturated carbocycles. The first-order valence-corrected chi connectivity index (χ1v) is 9.95. The van der Waals surface area contributed by atoms with Crippen LogP contribution < -0.4 is 10.5 Å². The Kier molecular flexibility index (Phi) is 3.75. The quantitative estimate of drug-likeness (QED) is 0.670. The maximum atomic E-state index is 12.9. The second-order valence-electron chi connectivity index (χ2n) is 8.24. The van der Waals surface area contributed by atoms with Gasteiger partial charge in [-0.1, -0.05) is 50.2 Å². The van der Waals surface area contributed by atoms with Crippen molar-refractivity contribution in [3.63, 3.8) is 0 Å². The predicted molar refractivity (Wildman–Crippen MR) is 112 cm³/mol. The Morgan fingerprint density at radius 1 is 1.03 bits per heavy atom. The molecule has 5 rings (SSSR count). The number of fused-ring (bicyclic) bond motifs is 6. The third kappa shape index (κ3) is 2.48. The van der Waals surface area contributed by atoms with E-state index in [1.807, 2.05) is 55.5 Å². The number of anilines is 1. The van der Waals surface area contributed by atoms with E-state index >= 15 is 0 Å². The summed E-state index contributed by atoms with van der Waals surface area (Å²) in [5.41, 5.74) is 2.77. The van der Waals surface area contributed by atoms with Crippen LogP contribution in [0.4, 0.5) is 5.69 Å². The molecule has 29 heavy (non-hydrogen) atoms. The van der Waals surface area contributed by atoms with Gasteiger partial charge in [0.1, 0.15) is 5.66 Å². The second-order valence-corrected chi connectivity index (χ2v) is 8.24. The first-order valence-electron chi connectivity index (χ1n) is 9.95. The predicted octanol–water partition coefficient (Wildman–Crippen LogP) is 3.91. The van der Waals surface area contributed by atoms with Crippen LogP contribution in [0, 0.1) is 0 Å². The fourth-order valence-corrected chi connectivity index (χ4v) is 4.39. The molecule has 1 amide bonds. The minimum Gasteiger partial charge on any atom is -0.286 e. The molecule has 2 aliphatic rings. The fourth-order valence-electron chi connectivity index (χ4n) is 4.39. The molecule has 2 aromatic carbocycles. The number of aromatic nitrogens is 3. The van der Waals surface area contributed by atoms with E-state index in [4.69, 9.17) is 5.10 Å². The van der Waals surface area contributed by atoms with Gasteiger partial charge in [0.2, 0.25) is 5.91 Å². The second kappa shape index (κ2) is 6.11. The molecule has 1 fully saturated rings. The van der Waals surface area contributed by atoms with E-state index in [1.165, 1.54) is 5.56 Å². The van der Waals surface area contributed by atoms with Crippen LogP contribution in [0.5, 0.6) is 0 Å². The SMILES string of the molecule is CC(C)c1ccc(-c2nn3c(nc2=O)-c2ccccc2N2C(=O)CCC23C)cc1. The van der Waals surface area contributed by atoms with Crippen LogP contribution in [0.1, 0.15) is 45.1 Å². The molecule has 1 aromatic heterocycles. The molecular weight excluding hydrogens is 364 g/mol. The molecular formula is C23H22N4O2. The van der Waals surface area contributed by atoms with Gasteiger partial charge in [-0.3, -0.25) is 14.5 Å². The largest absolute Gasteiger partial charge is 0.300 e. The number of nitrogens with zero attached hydrogens (tertiary/aromatic N) is 4. The summed E-state index contributed by atoms with van der Waals surface area (Å²) in [7, 11) is 0. The van der Waals surface area contributed by atoms with Crippen LogP contribution in [-0.4, -0.2) is 20.7 Å². The highest BCUT2D eigenvalue weighted by Gasteiger charge is 2.49. The molecule has 2 aliphatic heterocycles. The highest BCUT2D eigenvalue weighted by molar-refractivity contribution is 6.01. The lowest BCUT2D eigenvalue weighted by atomic mass is 10.0. The Balaban J connectivity index is 1.74. The lowest BCUT2D eigenvalue weighted by molar-refractivity contribution is -0.117. The number of hydrogen-bond acceptors (Lipinski definition) is 4. The van der Waals surface area contributed by atoms with E-state index in [0.717, 1.165) is 16.8 Å². The van der Waals surface area contributed by atoms with Gasteiger partial charge in [-0.25, -0.2) is 4.68 Å². The number of carbonyl (C=O) groups is 1. The third-order valence-electron chi connectivity index (χ3n) is 6.05. The van der Waals surface area contributed by atoms with E-state index in [9.17, 15) is 9.59 Å². The van der Waals surface area contributed by atoms with Crippen molar-refractivity contribution in [1.29, 1.82) is 0 Å². The summed E-state index contributed by atoms with van der Waals surface area (Å²) < 4.78 is 1.77. The Morgan fingerprint density at radius 3 is 2.48 bits per heavy atom. The average molecular weight is 386 g/mol. The fraction of sp³-hybridized carbons (Fsp3) is 0.304. The average Bonchev–Trinajstić information content (AvgIpc) is 3.03. The number of rotatable bonds is 2. The minimum absolute atomic E-state index is 0.0638. The number of carbonyl (C=O) groups excluding carboxylic acids is 1. The van der Waals surface area contributed by atoms with Gasteiger partial charge >= 0.3 is 0 Å². The van der Waals surface area contributed by atoms with Crippen molar-refractivity contribution in [2.75, 3.05) is 4.90 Å². The summed E-state index contributed by atoms with van der Waals surface area (Å²) in [5, 5.41) is 4.75. The van der Waals surface area contributed by atoms with Gasteiger partial charge < -0.3 is 0 Å². The maximum absolute atomic E-state index is 12.9. The van der Waals surface area contributed by atoms with Crippen LogP contribution in [0.2, 0.25) is 0 Å². The van der Waals surface area contributed by atoms with Crippen LogP contribution in [0.15, 0.2) is 53.3 Å². The van der Waals surface area contributed by atoms with Crippen molar-refractivity contribution in [2.45, 2.75) is 45.2 Å². The zero-order valence-corrected chi connectivity index (χ0v) is 16.7. The standard InChI is InChI=1S/C23H22N4O2/c1-14(2)15-8-10-16(11-9-15)20-22(29)24-21-17-6-4-5-7-18(17)26-19(28)12-13-23(26,3)27(21)25-20/h4-11,14H,12-13H2,1-3H3. The number of hydrogen-bond donors (Lipinski definition) is 0. The minimum atomic E-state index is -0.673. The van der Waals surface area contributed by atoms with Crippen LogP contribution >= 0.6 is 0 Å². The molecule has 6 nitrogen and oxygen atoms in total. The normalized spacial score (nSPS) is 19.9. The van der Waals surface area contributed by atoms with Crippen LogP contribution in [0.25, 0.3) is 22.6 Å². The van der Waals surface area contributed by atoms with Crippen LogP contribution in [-0.2, 0) is 10.5 Å². The third-order valence-corrected chi connectivity index (χ3v) is 6.05. The van der Waals surface area contributed by atoms with Crippen molar-refractivity contribution in [3.8, 4) is 22.6 Å². The summed E-state index contributed by atoms with van der Waals surface area (Å²) in [6.07, 6.45) is 1.06. The van der Waals surface area contributed by atoms with Crippen molar-refractivity contribution < 1.29 is 4.79 Å². The zero-order chi connectivity index (χ0) is 20.3.